The molecule has 2 unspecified atom stereocenters. The van der Waals surface area contributed by atoms with Crippen LogP contribution >= 0.6 is 0 Å². The van der Waals surface area contributed by atoms with Crippen molar-refractivity contribution in [2.75, 3.05) is 26.2 Å². The van der Waals surface area contributed by atoms with Gasteiger partial charge >= 0.3 is 0 Å². The predicted octanol–water partition coefficient (Wildman–Crippen LogP) is 3.31. The fourth-order valence-corrected chi connectivity index (χ4v) is 3.08. The lowest BCUT2D eigenvalue weighted by Gasteiger charge is -2.34. The number of benzene rings is 1. The average Bonchev–Trinajstić information content (AvgIpc) is 2.43. The number of hydrogen-bond donors (Lipinski definition) is 0. The molecule has 0 N–H and O–H groups in total. The minimum atomic E-state index is 0.675. The van der Waals surface area contributed by atoms with Gasteiger partial charge in [0.1, 0.15) is 5.75 Å². The molecule has 0 spiro atoms. The molecule has 1 aliphatic rings. The van der Waals surface area contributed by atoms with Gasteiger partial charge in [-0.15, -0.1) is 0 Å². The standard InChI is InChI=1S/C17H24N2O/c1-14-10-15(2)13-19(12-14)8-3-9-20-17-6-4-16(11-18)5-7-17/h4-7,14-15H,3,8-10,12-13H2,1-2H3. The highest BCUT2D eigenvalue weighted by Crippen LogP contribution is 2.21. The van der Waals surface area contributed by atoms with Crippen LogP contribution in [0.2, 0.25) is 0 Å². The highest BCUT2D eigenvalue weighted by molar-refractivity contribution is 5.34. The Kier molecular flexibility index (Phi) is 5.43. The fraction of sp³-hybridized carbons (Fsp3) is 0.588. The molecule has 0 amide bonds. The summed E-state index contributed by atoms with van der Waals surface area (Å²) in [6.45, 7) is 8.99. The van der Waals surface area contributed by atoms with E-state index in [1.807, 2.05) is 12.1 Å². The van der Waals surface area contributed by atoms with E-state index in [9.17, 15) is 0 Å². The zero-order chi connectivity index (χ0) is 14.4. The molecule has 1 aromatic carbocycles. The lowest BCUT2D eigenvalue weighted by atomic mass is 9.92. The molecule has 1 fully saturated rings. The third-order valence-corrected chi connectivity index (χ3v) is 3.82. The summed E-state index contributed by atoms with van der Waals surface area (Å²) in [4.78, 5) is 2.56. The third kappa shape index (κ3) is 4.54. The van der Waals surface area contributed by atoms with Gasteiger partial charge in [0.15, 0.2) is 0 Å². The number of rotatable bonds is 5. The van der Waals surface area contributed by atoms with E-state index in [2.05, 4.69) is 24.8 Å². The second kappa shape index (κ2) is 7.31. The Balaban J connectivity index is 1.67. The van der Waals surface area contributed by atoms with Crippen molar-refractivity contribution < 1.29 is 4.74 Å². The zero-order valence-electron chi connectivity index (χ0n) is 12.5. The van der Waals surface area contributed by atoms with Crippen LogP contribution < -0.4 is 4.74 Å². The summed E-state index contributed by atoms with van der Waals surface area (Å²) in [7, 11) is 0. The van der Waals surface area contributed by atoms with Crippen molar-refractivity contribution in [3.8, 4) is 11.8 Å². The van der Waals surface area contributed by atoms with Gasteiger partial charge in [-0.25, -0.2) is 0 Å². The van der Waals surface area contributed by atoms with E-state index < -0.39 is 0 Å². The van der Waals surface area contributed by atoms with Crippen LogP contribution in [-0.4, -0.2) is 31.1 Å². The van der Waals surface area contributed by atoms with Crippen molar-refractivity contribution in [3.63, 3.8) is 0 Å². The summed E-state index contributed by atoms with van der Waals surface area (Å²) in [5.41, 5.74) is 0.675. The van der Waals surface area contributed by atoms with E-state index in [-0.39, 0.29) is 0 Å². The molecule has 1 aromatic rings. The molecule has 108 valence electrons. The van der Waals surface area contributed by atoms with Crippen molar-refractivity contribution >= 4 is 0 Å². The van der Waals surface area contributed by atoms with Gasteiger partial charge in [0.05, 0.1) is 18.2 Å². The van der Waals surface area contributed by atoms with Crippen LogP contribution in [0.4, 0.5) is 0 Å². The molecule has 0 saturated carbocycles. The molecule has 0 aliphatic carbocycles. The van der Waals surface area contributed by atoms with Crippen molar-refractivity contribution in [1.82, 2.24) is 4.90 Å². The third-order valence-electron chi connectivity index (χ3n) is 3.82. The van der Waals surface area contributed by atoms with E-state index in [1.165, 1.54) is 19.5 Å². The molecule has 3 nitrogen and oxygen atoms in total. The number of piperidine rings is 1. The Morgan fingerprint density at radius 1 is 1.20 bits per heavy atom. The van der Waals surface area contributed by atoms with Gasteiger partial charge in [-0.3, -0.25) is 0 Å². The summed E-state index contributed by atoms with van der Waals surface area (Å²) in [6, 6.07) is 9.43. The topological polar surface area (TPSA) is 36.3 Å². The lowest BCUT2D eigenvalue weighted by molar-refractivity contribution is 0.132. The summed E-state index contributed by atoms with van der Waals surface area (Å²) in [5, 5.41) is 8.73. The van der Waals surface area contributed by atoms with Crippen molar-refractivity contribution in [2.24, 2.45) is 11.8 Å². The summed E-state index contributed by atoms with van der Waals surface area (Å²) in [5.74, 6) is 2.49. The van der Waals surface area contributed by atoms with Crippen molar-refractivity contribution in [3.05, 3.63) is 29.8 Å². The second-order valence-electron chi connectivity index (χ2n) is 6.04. The normalized spacial score (nSPS) is 23.2. The van der Waals surface area contributed by atoms with Crippen LogP contribution in [-0.2, 0) is 0 Å². The maximum absolute atomic E-state index is 8.73. The van der Waals surface area contributed by atoms with E-state index >= 15 is 0 Å². The number of likely N-dealkylation sites (tertiary alicyclic amines) is 1. The Bertz CT molecular complexity index is 439. The second-order valence-corrected chi connectivity index (χ2v) is 6.04. The summed E-state index contributed by atoms with van der Waals surface area (Å²) < 4.78 is 5.71. The van der Waals surface area contributed by atoms with E-state index in [4.69, 9.17) is 10.00 Å². The number of ether oxygens (including phenoxy) is 1. The molecule has 1 saturated heterocycles. The first-order chi connectivity index (χ1) is 9.67. The van der Waals surface area contributed by atoms with Gasteiger partial charge in [-0.1, -0.05) is 13.8 Å². The van der Waals surface area contributed by atoms with Crippen LogP contribution in [0.15, 0.2) is 24.3 Å². The minimum Gasteiger partial charge on any atom is -0.494 e. The molecule has 3 heteroatoms. The molecule has 0 bridgehead atoms. The van der Waals surface area contributed by atoms with E-state index in [1.54, 1.807) is 12.1 Å². The summed E-state index contributed by atoms with van der Waals surface area (Å²) in [6.07, 6.45) is 2.41. The first-order valence-corrected chi connectivity index (χ1v) is 7.52. The molecule has 2 atom stereocenters. The monoisotopic (exact) mass is 272 g/mol. The highest BCUT2D eigenvalue weighted by Gasteiger charge is 2.20. The summed E-state index contributed by atoms with van der Waals surface area (Å²) >= 11 is 0. The fourth-order valence-electron chi connectivity index (χ4n) is 3.08. The van der Waals surface area contributed by atoms with Crippen LogP contribution in [0.25, 0.3) is 0 Å². The van der Waals surface area contributed by atoms with Crippen LogP contribution in [0.5, 0.6) is 5.75 Å². The van der Waals surface area contributed by atoms with Crippen LogP contribution in [0.1, 0.15) is 32.3 Å². The molecule has 1 aliphatic heterocycles. The Labute approximate surface area is 122 Å². The van der Waals surface area contributed by atoms with Gasteiger partial charge in [-0.2, -0.15) is 5.26 Å². The zero-order valence-corrected chi connectivity index (χ0v) is 12.5. The molecule has 1 heterocycles. The maximum Gasteiger partial charge on any atom is 0.119 e. The molecular weight excluding hydrogens is 248 g/mol. The van der Waals surface area contributed by atoms with Gasteiger partial charge in [0.2, 0.25) is 0 Å². The Morgan fingerprint density at radius 3 is 2.45 bits per heavy atom. The Morgan fingerprint density at radius 2 is 1.85 bits per heavy atom. The number of nitrogens with zero attached hydrogens (tertiary/aromatic N) is 2. The molecular formula is C17H24N2O. The van der Waals surface area contributed by atoms with Crippen molar-refractivity contribution in [2.45, 2.75) is 26.7 Å². The van der Waals surface area contributed by atoms with Crippen LogP contribution in [0.3, 0.4) is 0 Å². The predicted molar refractivity (Wildman–Crippen MR) is 80.7 cm³/mol. The number of nitriles is 1. The minimum absolute atomic E-state index is 0.675. The number of hydrogen-bond acceptors (Lipinski definition) is 3. The highest BCUT2D eigenvalue weighted by atomic mass is 16.5. The molecule has 0 aromatic heterocycles. The van der Waals surface area contributed by atoms with Crippen LogP contribution in [0, 0.1) is 23.2 Å². The van der Waals surface area contributed by atoms with Gasteiger partial charge < -0.3 is 9.64 Å². The molecule has 0 radical (unpaired) electrons. The molecule has 20 heavy (non-hydrogen) atoms. The Hall–Kier alpha value is -1.53. The van der Waals surface area contributed by atoms with Gasteiger partial charge in [0.25, 0.3) is 0 Å². The van der Waals surface area contributed by atoms with Gasteiger partial charge in [0, 0.05) is 19.6 Å². The lowest BCUT2D eigenvalue weighted by Crippen LogP contribution is -2.39. The molecule has 2 rings (SSSR count). The average molecular weight is 272 g/mol. The first kappa shape index (κ1) is 14.9. The maximum atomic E-state index is 8.73. The van der Waals surface area contributed by atoms with E-state index in [0.29, 0.717) is 5.56 Å². The van der Waals surface area contributed by atoms with Gasteiger partial charge in [-0.05, 0) is 48.9 Å². The smallest absolute Gasteiger partial charge is 0.119 e. The van der Waals surface area contributed by atoms with Crippen molar-refractivity contribution in [1.29, 1.82) is 5.26 Å². The SMILES string of the molecule is CC1CC(C)CN(CCCOc2ccc(C#N)cc2)C1. The largest absolute Gasteiger partial charge is 0.494 e. The van der Waals surface area contributed by atoms with E-state index in [0.717, 1.165) is 37.2 Å². The first-order valence-electron chi connectivity index (χ1n) is 7.52. The quantitative estimate of drug-likeness (QED) is 0.772.